The molecule has 6 nitrogen and oxygen atoms in total. The van der Waals surface area contributed by atoms with Crippen LogP contribution in [-0.4, -0.2) is 71.0 Å². The van der Waals surface area contributed by atoms with E-state index in [2.05, 4.69) is 64.8 Å². The first-order chi connectivity index (χ1) is 12.7. The highest BCUT2D eigenvalue weighted by Gasteiger charge is 2.09. The first-order valence-corrected chi connectivity index (χ1v) is 9.42. The third-order valence-electron chi connectivity index (χ3n) is 4.30. The van der Waals surface area contributed by atoms with Crippen molar-refractivity contribution in [2.45, 2.75) is 32.4 Å². The zero-order chi connectivity index (χ0) is 19.0. The minimum atomic E-state index is 0. The third kappa shape index (κ3) is 13.0. The number of halogens is 1. The van der Waals surface area contributed by atoms with Crippen molar-refractivity contribution < 1.29 is 9.47 Å². The Morgan fingerprint density at radius 3 is 2.48 bits per heavy atom. The van der Waals surface area contributed by atoms with E-state index in [9.17, 15) is 0 Å². The number of hydrogen-bond donors (Lipinski definition) is 2. The largest absolute Gasteiger partial charge is 0.382 e. The molecule has 0 heterocycles. The average Bonchev–Trinajstić information content (AvgIpc) is 2.66. The Labute approximate surface area is 182 Å². The van der Waals surface area contributed by atoms with E-state index in [4.69, 9.17) is 9.47 Å². The fourth-order valence-corrected chi connectivity index (χ4v) is 2.49. The lowest BCUT2D eigenvalue weighted by Gasteiger charge is -2.25. The fraction of sp³-hybridized carbons (Fsp3) is 0.650. The molecule has 2 N–H and O–H groups in total. The Morgan fingerprint density at radius 1 is 1.11 bits per heavy atom. The molecule has 0 aliphatic carbocycles. The van der Waals surface area contributed by atoms with Gasteiger partial charge in [0.15, 0.2) is 5.96 Å². The number of benzene rings is 1. The first kappa shape index (κ1) is 26.1. The van der Waals surface area contributed by atoms with Crippen molar-refractivity contribution in [3.8, 4) is 0 Å². The van der Waals surface area contributed by atoms with E-state index in [1.165, 1.54) is 5.56 Å². The van der Waals surface area contributed by atoms with Gasteiger partial charge in [0.05, 0.1) is 13.2 Å². The fourth-order valence-electron chi connectivity index (χ4n) is 2.49. The summed E-state index contributed by atoms with van der Waals surface area (Å²) in [5.74, 6) is 0.847. The smallest absolute Gasteiger partial charge is 0.190 e. The lowest BCUT2D eigenvalue weighted by Crippen LogP contribution is -2.40. The molecule has 27 heavy (non-hydrogen) atoms. The van der Waals surface area contributed by atoms with Gasteiger partial charge in [0.1, 0.15) is 0 Å². The van der Waals surface area contributed by atoms with Crippen molar-refractivity contribution in [3.63, 3.8) is 0 Å². The van der Waals surface area contributed by atoms with Gasteiger partial charge in [0.2, 0.25) is 0 Å². The van der Waals surface area contributed by atoms with Crippen molar-refractivity contribution in [2.75, 3.05) is 54.1 Å². The quantitative estimate of drug-likeness (QED) is 0.192. The maximum atomic E-state index is 5.45. The van der Waals surface area contributed by atoms with Gasteiger partial charge in [-0.15, -0.1) is 24.0 Å². The maximum Gasteiger partial charge on any atom is 0.190 e. The summed E-state index contributed by atoms with van der Waals surface area (Å²) < 4.78 is 10.4. The SMILES string of the molecule is CN=C(NCCCOCCOC)NCCC(C)N(C)Cc1ccccc1.I. The van der Waals surface area contributed by atoms with Crippen LogP contribution in [0.4, 0.5) is 0 Å². The zero-order valence-electron chi connectivity index (χ0n) is 17.2. The first-order valence-electron chi connectivity index (χ1n) is 9.42. The molecule has 1 aromatic carbocycles. The minimum absolute atomic E-state index is 0. The summed E-state index contributed by atoms with van der Waals surface area (Å²) in [6, 6.07) is 11.1. The van der Waals surface area contributed by atoms with Gasteiger partial charge in [0.25, 0.3) is 0 Å². The molecule has 0 saturated heterocycles. The van der Waals surface area contributed by atoms with E-state index >= 15 is 0 Å². The number of rotatable bonds is 13. The van der Waals surface area contributed by atoms with E-state index in [1.807, 2.05) is 0 Å². The second kappa shape index (κ2) is 17.2. The van der Waals surface area contributed by atoms with Crippen molar-refractivity contribution in [1.29, 1.82) is 0 Å². The maximum absolute atomic E-state index is 5.45. The molecule has 0 bridgehead atoms. The lowest BCUT2D eigenvalue weighted by atomic mass is 10.1. The summed E-state index contributed by atoms with van der Waals surface area (Å²) in [5, 5.41) is 6.70. The lowest BCUT2D eigenvalue weighted by molar-refractivity contribution is 0.0698. The van der Waals surface area contributed by atoms with Crippen molar-refractivity contribution >= 4 is 29.9 Å². The van der Waals surface area contributed by atoms with Gasteiger partial charge >= 0.3 is 0 Å². The molecule has 0 fully saturated rings. The van der Waals surface area contributed by atoms with E-state index < -0.39 is 0 Å². The second-order valence-corrected chi connectivity index (χ2v) is 6.42. The van der Waals surface area contributed by atoms with Crippen molar-refractivity contribution in [1.82, 2.24) is 15.5 Å². The Kier molecular flexibility index (Phi) is 16.6. The van der Waals surface area contributed by atoms with Crippen LogP contribution in [-0.2, 0) is 16.0 Å². The molecule has 1 unspecified atom stereocenters. The van der Waals surface area contributed by atoms with Gasteiger partial charge in [-0.2, -0.15) is 0 Å². The molecule has 1 aromatic rings. The van der Waals surface area contributed by atoms with Crippen molar-refractivity contribution in [3.05, 3.63) is 35.9 Å². The number of methoxy groups -OCH3 is 1. The van der Waals surface area contributed by atoms with E-state index in [1.54, 1.807) is 14.2 Å². The van der Waals surface area contributed by atoms with Gasteiger partial charge in [-0.05, 0) is 32.4 Å². The van der Waals surface area contributed by atoms with Gasteiger partial charge in [0, 0.05) is 46.4 Å². The van der Waals surface area contributed by atoms with Crippen LogP contribution in [0, 0.1) is 0 Å². The number of nitrogens with one attached hydrogen (secondary N) is 2. The molecule has 0 aliphatic heterocycles. The molecule has 1 atom stereocenters. The molecule has 0 aliphatic rings. The number of hydrogen-bond acceptors (Lipinski definition) is 4. The van der Waals surface area contributed by atoms with Crippen LogP contribution in [0.1, 0.15) is 25.3 Å². The van der Waals surface area contributed by atoms with Crippen LogP contribution in [0.3, 0.4) is 0 Å². The zero-order valence-corrected chi connectivity index (χ0v) is 19.6. The van der Waals surface area contributed by atoms with E-state index in [0.29, 0.717) is 19.3 Å². The predicted octanol–water partition coefficient (Wildman–Crippen LogP) is 2.73. The third-order valence-corrected chi connectivity index (χ3v) is 4.30. The summed E-state index contributed by atoms with van der Waals surface area (Å²) in [7, 11) is 5.66. The van der Waals surface area contributed by atoms with Crippen LogP contribution in [0.15, 0.2) is 35.3 Å². The van der Waals surface area contributed by atoms with Crippen LogP contribution >= 0.6 is 24.0 Å². The summed E-state index contributed by atoms with van der Waals surface area (Å²) in [4.78, 5) is 6.64. The highest BCUT2D eigenvalue weighted by Crippen LogP contribution is 2.07. The summed E-state index contributed by atoms with van der Waals surface area (Å²) in [6.45, 7) is 7.00. The van der Waals surface area contributed by atoms with Gasteiger partial charge in [-0.25, -0.2) is 0 Å². The molecule has 0 saturated carbocycles. The Hall–Kier alpha value is -0.900. The van der Waals surface area contributed by atoms with E-state index in [-0.39, 0.29) is 24.0 Å². The molecule has 0 aromatic heterocycles. The predicted molar refractivity (Wildman–Crippen MR) is 124 cm³/mol. The molecule has 0 amide bonds. The molecular formula is C20H37IN4O2. The molecule has 0 spiro atoms. The monoisotopic (exact) mass is 492 g/mol. The van der Waals surface area contributed by atoms with E-state index in [0.717, 1.165) is 45.0 Å². The number of aliphatic imine (C=N–C) groups is 1. The summed E-state index contributed by atoms with van der Waals surface area (Å²) in [5.41, 5.74) is 1.35. The second-order valence-electron chi connectivity index (χ2n) is 6.42. The molecule has 0 radical (unpaired) electrons. The number of guanidine groups is 1. The molecule has 7 heteroatoms. The summed E-state index contributed by atoms with van der Waals surface area (Å²) in [6.07, 6.45) is 2.00. The van der Waals surface area contributed by atoms with Crippen LogP contribution in [0.25, 0.3) is 0 Å². The highest BCUT2D eigenvalue weighted by atomic mass is 127. The topological polar surface area (TPSA) is 58.1 Å². The minimum Gasteiger partial charge on any atom is -0.382 e. The average molecular weight is 492 g/mol. The highest BCUT2D eigenvalue weighted by molar-refractivity contribution is 14.0. The number of ether oxygens (including phenoxy) is 2. The van der Waals surface area contributed by atoms with Gasteiger partial charge in [-0.1, -0.05) is 30.3 Å². The van der Waals surface area contributed by atoms with Crippen molar-refractivity contribution in [2.24, 2.45) is 4.99 Å². The summed E-state index contributed by atoms with van der Waals surface area (Å²) >= 11 is 0. The normalized spacial score (nSPS) is 12.6. The van der Waals surface area contributed by atoms with Crippen LogP contribution in [0.2, 0.25) is 0 Å². The van der Waals surface area contributed by atoms with Crippen LogP contribution in [0.5, 0.6) is 0 Å². The standard InChI is InChI=1S/C20H36N4O2.HI/c1-18(24(3)17-19-9-6-5-7-10-19)11-13-23-20(21-2)22-12-8-14-26-16-15-25-4;/h5-7,9-10,18H,8,11-17H2,1-4H3,(H2,21,22,23);1H. The number of nitrogens with zero attached hydrogens (tertiary/aromatic N) is 2. The Balaban J connectivity index is 0.00000676. The van der Waals surface area contributed by atoms with Gasteiger partial charge in [-0.3, -0.25) is 9.89 Å². The Bertz CT molecular complexity index is 488. The molecule has 156 valence electrons. The van der Waals surface area contributed by atoms with Gasteiger partial charge < -0.3 is 20.1 Å². The van der Waals surface area contributed by atoms with Crippen LogP contribution < -0.4 is 10.6 Å². The molecule has 1 rings (SSSR count). The Morgan fingerprint density at radius 2 is 1.81 bits per heavy atom. The molecular weight excluding hydrogens is 455 g/mol.